The zero-order chi connectivity index (χ0) is 9.97. The van der Waals surface area contributed by atoms with Crippen molar-refractivity contribution < 1.29 is 0 Å². The Hall–Kier alpha value is -1.90. The Kier molecular flexibility index (Phi) is 2.14. The molecule has 1 heterocycles. The molecule has 1 aromatic rings. The molecule has 0 bridgehead atoms. The SMILES string of the molecule is CN1C=CC=C(c2ccc(N)cc2)N1. The Balaban J connectivity index is 2.27. The fourth-order valence-electron chi connectivity index (χ4n) is 1.36. The van der Waals surface area contributed by atoms with Crippen LogP contribution < -0.4 is 11.2 Å². The Labute approximate surface area is 83.5 Å². The van der Waals surface area contributed by atoms with Crippen LogP contribution in [0.4, 0.5) is 5.69 Å². The highest BCUT2D eigenvalue weighted by Crippen LogP contribution is 2.15. The number of nitrogens with one attached hydrogen (secondary N) is 1. The summed E-state index contributed by atoms with van der Waals surface area (Å²) in [5, 5.41) is 1.91. The second kappa shape index (κ2) is 3.46. The number of nitrogen functional groups attached to an aromatic ring is 1. The quantitative estimate of drug-likeness (QED) is 0.656. The van der Waals surface area contributed by atoms with Crippen molar-refractivity contribution in [2.75, 3.05) is 12.8 Å². The van der Waals surface area contributed by atoms with Crippen LogP contribution in [0.15, 0.2) is 42.6 Å². The number of hydrogen-bond acceptors (Lipinski definition) is 3. The maximum atomic E-state index is 5.62. The van der Waals surface area contributed by atoms with E-state index in [1.165, 1.54) is 0 Å². The van der Waals surface area contributed by atoms with Crippen molar-refractivity contribution in [2.45, 2.75) is 0 Å². The first-order valence-electron chi connectivity index (χ1n) is 4.49. The molecule has 3 heteroatoms. The monoisotopic (exact) mass is 187 g/mol. The lowest BCUT2D eigenvalue weighted by atomic mass is 10.1. The Morgan fingerprint density at radius 2 is 1.93 bits per heavy atom. The van der Waals surface area contributed by atoms with E-state index in [-0.39, 0.29) is 0 Å². The molecule has 14 heavy (non-hydrogen) atoms. The minimum absolute atomic E-state index is 0.786. The molecule has 0 fully saturated rings. The third-order valence-corrected chi connectivity index (χ3v) is 2.09. The lowest BCUT2D eigenvalue weighted by molar-refractivity contribution is 0.394. The molecule has 1 aromatic carbocycles. The number of hydrazine groups is 1. The molecular weight excluding hydrogens is 174 g/mol. The van der Waals surface area contributed by atoms with Gasteiger partial charge in [-0.15, -0.1) is 0 Å². The van der Waals surface area contributed by atoms with Crippen LogP contribution in [0.25, 0.3) is 5.70 Å². The Morgan fingerprint density at radius 1 is 1.21 bits per heavy atom. The maximum Gasteiger partial charge on any atom is 0.0614 e. The molecule has 72 valence electrons. The molecule has 0 aliphatic carbocycles. The van der Waals surface area contributed by atoms with Crippen molar-refractivity contribution in [1.82, 2.24) is 10.4 Å². The zero-order valence-corrected chi connectivity index (χ0v) is 8.07. The molecule has 3 N–H and O–H groups in total. The lowest BCUT2D eigenvalue weighted by Crippen LogP contribution is -2.29. The molecule has 0 saturated carbocycles. The predicted octanol–water partition coefficient (Wildman–Crippen LogP) is 1.57. The molecule has 0 saturated heterocycles. The molecule has 0 amide bonds. The highest BCUT2D eigenvalue weighted by Gasteiger charge is 2.03. The van der Waals surface area contributed by atoms with E-state index >= 15 is 0 Å². The Bertz CT molecular complexity index is 376. The average molecular weight is 187 g/mol. The number of nitrogens with two attached hydrogens (primary N) is 1. The smallest absolute Gasteiger partial charge is 0.0614 e. The number of allylic oxidation sites excluding steroid dienone is 2. The highest BCUT2D eigenvalue weighted by atomic mass is 15.5. The molecule has 1 aliphatic heterocycles. The molecular formula is C11H13N3. The van der Waals surface area contributed by atoms with Gasteiger partial charge in [-0.25, -0.2) is 0 Å². The largest absolute Gasteiger partial charge is 0.399 e. The molecule has 0 unspecified atom stereocenters. The zero-order valence-electron chi connectivity index (χ0n) is 8.07. The Morgan fingerprint density at radius 3 is 2.57 bits per heavy atom. The molecule has 0 spiro atoms. The molecule has 0 atom stereocenters. The third-order valence-electron chi connectivity index (χ3n) is 2.09. The molecule has 0 radical (unpaired) electrons. The van der Waals surface area contributed by atoms with E-state index in [1.807, 2.05) is 54.7 Å². The maximum absolute atomic E-state index is 5.62. The van der Waals surface area contributed by atoms with E-state index in [9.17, 15) is 0 Å². The molecule has 3 nitrogen and oxygen atoms in total. The average Bonchev–Trinajstić information content (AvgIpc) is 2.19. The summed E-state index contributed by atoms with van der Waals surface area (Å²) in [5.74, 6) is 0. The summed E-state index contributed by atoms with van der Waals surface area (Å²) in [6.45, 7) is 0. The number of benzene rings is 1. The van der Waals surface area contributed by atoms with E-state index < -0.39 is 0 Å². The number of nitrogens with zero attached hydrogens (tertiary/aromatic N) is 1. The summed E-state index contributed by atoms with van der Waals surface area (Å²) in [4.78, 5) is 0. The van der Waals surface area contributed by atoms with E-state index in [0.717, 1.165) is 16.9 Å². The van der Waals surface area contributed by atoms with Gasteiger partial charge in [0.2, 0.25) is 0 Å². The minimum Gasteiger partial charge on any atom is -0.399 e. The van der Waals surface area contributed by atoms with Crippen LogP contribution in [0, 0.1) is 0 Å². The van der Waals surface area contributed by atoms with Crippen LogP contribution in [0.2, 0.25) is 0 Å². The lowest BCUT2D eigenvalue weighted by Gasteiger charge is -2.22. The predicted molar refractivity (Wildman–Crippen MR) is 58.9 cm³/mol. The topological polar surface area (TPSA) is 41.3 Å². The number of anilines is 1. The van der Waals surface area contributed by atoms with Crippen molar-refractivity contribution in [3.05, 3.63) is 48.2 Å². The highest BCUT2D eigenvalue weighted by molar-refractivity contribution is 5.67. The number of hydrogen-bond donors (Lipinski definition) is 2. The fourth-order valence-corrected chi connectivity index (χ4v) is 1.36. The third kappa shape index (κ3) is 1.71. The van der Waals surface area contributed by atoms with Crippen LogP contribution in [-0.4, -0.2) is 12.1 Å². The second-order valence-electron chi connectivity index (χ2n) is 3.27. The van der Waals surface area contributed by atoms with Gasteiger partial charge in [-0.05, 0) is 29.8 Å². The summed E-state index contributed by atoms with van der Waals surface area (Å²) in [5.41, 5.74) is 11.8. The van der Waals surface area contributed by atoms with Crippen LogP contribution in [0.3, 0.4) is 0 Å². The van der Waals surface area contributed by atoms with Gasteiger partial charge in [-0.3, -0.25) is 10.4 Å². The van der Waals surface area contributed by atoms with Gasteiger partial charge >= 0.3 is 0 Å². The van der Waals surface area contributed by atoms with Crippen LogP contribution in [0.5, 0.6) is 0 Å². The van der Waals surface area contributed by atoms with Gasteiger partial charge in [0.1, 0.15) is 0 Å². The van der Waals surface area contributed by atoms with Crippen molar-refractivity contribution >= 4 is 11.4 Å². The van der Waals surface area contributed by atoms with Gasteiger partial charge in [-0.2, -0.15) is 0 Å². The summed E-state index contributed by atoms with van der Waals surface area (Å²) in [6.07, 6.45) is 5.99. The van der Waals surface area contributed by atoms with Crippen molar-refractivity contribution in [1.29, 1.82) is 0 Å². The van der Waals surface area contributed by atoms with Gasteiger partial charge in [0.15, 0.2) is 0 Å². The van der Waals surface area contributed by atoms with Gasteiger partial charge in [-0.1, -0.05) is 12.1 Å². The van der Waals surface area contributed by atoms with Crippen LogP contribution >= 0.6 is 0 Å². The van der Waals surface area contributed by atoms with Gasteiger partial charge in [0, 0.05) is 18.9 Å². The fraction of sp³-hybridized carbons (Fsp3) is 0.0909. The van der Waals surface area contributed by atoms with Crippen LogP contribution in [0.1, 0.15) is 5.56 Å². The van der Waals surface area contributed by atoms with Gasteiger partial charge in [0.25, 0.3) is 0 Å². The van der Waals surface area contributed by atoms with E-state index in [1.54, 1.807) is 0 Å². The summed E-state index contributed by atoms with van der Waals surface area (Å²) < 4.78 is 0. The van der Waals surface area contributed by atoms with E-state index in [4.69, 9.17) is 5.73 Å². The minimum atomic E-state index is 0.786. The van der Waals surface area contributed by atoms with Crippen molar-refractivity contribution in [3.63, 3.8) is 0 Å². The number of rotatable bonds is 1. The van der Waals surface area contributed by atoms with Crippen molar-refractivity contribution in [2.24, 2.45) is 0 Å². The standard InChI is InChI=1S/C11H13N3/c1-14-8-2-3-11(13-14)9-4-6-10(12)7-5-9/h2-8,13H,12H2,1H3. The normalized spacial score (nSPS) is 14.9. The summed E-state index contributed by atoms with van der Waals surface area (Å²) in [7, 11) is 1.96. The first-order valence-corrected chi connectivity index (χ1v) is 4.49. The van der Waals surface area contributed by atoms with Crippen molar-refractivity contribution in [3.8, 4) is 0 Å². The van der Waals surface area contributed by atoms with Crippen LogP contribution in [-0.2, 0) is 0 Å². The van der Waals surface area contributed by atoms with E-state index in [2.05, 4.69) is 5.43 Å². The summed E-state index contributed by atoms with van der Waals surface area (Å²) in [6, 6.07) is 7.80. The van der Waals surface area contributed by atoms with Gasteiger partial charge in [0.05, 0.1) is 5.70 Å². The van der Waals surface area contributed by atoms with E-state index in [0.29, 0.717) is 0 Å². The summed E-state index contributed by atoms with van der Waals surface area (Å²) >= 11 is 0. The first kappa shape index (κ1) is 8.69. The first-order chi connectivity index (χ1) is 6.75. The second-order valence-corrected chi connectivity index (χ2v) is 3.27. The van der Waals surface area contributed by atoms with Gasteiger partial charge < -0.3 is 5.73 Å². The molecule has 2 rings (SSSR count). The molecule has 0 aromatic heterocycles. The molecule has 1 aliphatic rings.